The van der Waals surface area contributed by atoms with Gasteiger partial charge in [0.1, 0.15) is 12.1 Å². The standard InChI is InChI=1S/C18H14ClN5O2S/c19-13-5-4-12(10-20)14(9-13)23-18(26)17(25)21-11-15(16-3-1-8-27-16)24-7-2-6-22-24/h1-9,15H,11H2,(H,21,25)(H,23,26). The molecular formula is C18H14ClN5O2S. The van der Waals surface area contributed by atoms with Crippen LogP contribution in [0.15, 0.2) is 54.2 Å². The molecule has 136 valence electrons. The zero-order chi connectivity index (χ0) is 19.2. The van der Waals surface area contributed by atoms with E-state index in [9.17, 15) is 9.59 Å². The number of nitrogens with one attached hydrogen (secondary N) is 2. The van der Waals surface area contributed by atoms with Gasteiger partial charge in [-0.2, -0.15) is 10.4 Å². The van der Waals surface area contributed by atoms with Crippen molar-refractivity contribution in [1.29, 1.82) is 5.26 Å². The number of rotatable bonds is 5. The SMILES string of the molecule is N#Cc1ccc(Cl)cc1NC(=O)C(=O)NCC(c1cccs1)n1cccn1. The van der Waals surface area contributed by atoms with Gasteiger partial charge in [-0.05, 0) is 35.7 Å². The predicted octanol–water partition coefficient (Wildman–Crippen LogP) is 2.81. The summed E-state index contributed by atoms with van der Waals surface area (Å²) >= 11 is 7.42. The zero-order valence-corrected chi connectivity index (χ0v) is 15.5. The average Bonchev–Trinajstić information content (AvgIpc) is 3.36. The number of nitrogens with zero attached hydrogens (tertiary/aromatic N) is 3. The van der Waals surface area contributed by atoms with Crippen LogP contribution in [0.5, 0.6) is 0 Å². The summed E-state index contributed by atoms with van der Waals surface area (Å²) in [6.07, 6.45) is 3.44. The number of hydrogen-bond acceptors (Lipinski definition) is 5. The molecule has 0 spiro atoms. The number of amides is 2. The molecule has 2 N–H and O–H groups in total. The quantitative estimate of drug-likeness (QED) is 0.644. The molecule has 9 heteroatoms. The second kappa shape index (κ2) is 8.49. The van der Waals surface area contributed by atoms with Crippen LogP contribution in [0.25, 0.3) is 0 Å². The lowest BCUT2D eigenvalue weighted by atomic mass is 10.2. The minimum atomic E-state index is -0.876. The number of benzene rings is 1. The molecule has 27 heavy (non-hydrogen) atoms. The summed E-state index contributed by atoms with van der Waals surface area (Å²) in [6.45, 7) is 0.190. The molecule has 0 saturated heterocycles. The molecule has 0 aliphatic rings. The average molecular weight is 400 g/mol. The molecule has 0 aliphatic heterocycles. The van der Waals surface area contributed by atoms with Crippen molar-refractivity contribution < 1.29 is 9.59 Å². The van der Waals surface area contributed by atoms with Crippen LogP contribution in [0.4, 0.5) is 5.69 Å². The van der Waals surface area contributed by atoms with Gasteiger partial charge in [-0.1, -0.05) is 17.7 Å². The summed E-state index contributed by atoms with van der Waals surface area (Å²) in [5.74, 6) is -1.69. The van der Waals surface area contributed by atoms with E-state index in [0.29, 0.717) is 5.02 Å². The fourth-order valence-electron chi connectivity index (χ4n) is 2.44. The molecule has 0 saturated carbocycles. The first-order valence-corrected chi connectivity index (χ1v) is 9.15. The van der Waals surface area contributed by atoms with Gasteiger partial charge in [0.15, 0.2) is 0 Å². The maximum atomic E-state index is 12.2. The Bertz CT molecular complexity index is 946. The fourth-order valence-corrected chi connectivity index (χ4v) is 3.43. The molecule has 0 bridgehead atoms. The van der Waals surface area contributed by atoms with Crippen molar-refractivity contribution in [2.24, 2.45) is 0 Å². The Balaban J connectivity index is 1.67. The van der Waals surface area contributed by atoms with Crippen LogP contribution in [0, 0.1) is 11.3 Å². The maximum absolute atomic E-state index is 12.2. The smallest absolute Gasteiger partial charge is 0.313 e. The van der Waals surface area contributed by atoms with E-state index in [1.54, 1.807) is 23.1 Å². The molecule has 3 rings (SSSR count). The molecule has 0 fully saturated rings. The summed E-state index contributed by atoms with van der Waals surface area (Å²) in [5, 5.41) is 20.6. The molecule has 0 aliphatic carbocycles. The van der Waals surface area contributed by atoms with Crippen molar-refractivity contribution in [3.8, 4) is 6.07 Å². The zero-order valence-electron chi connectivity index (χ0n) is 13.9. The molecule has 2 amide bonds. The Morgan fingerprint density at radius 3 is 2.81 bits per heavy atom. The van der Waals surface area contributed by atoms with E-state index in [-0.39, 0.29) is 23.8 Å². The molecule has 2 heterocycles. The molecule has 1 aromatic carbocycles. The first-order valence-electron chi connectivity index (χ1n) is 7.90. The fraction of sp³-hybridized carbons (Fsp3) is 0.111. The van der Waals surface area contributed by atoms with Gasteiger partial charge < -0.3 is 10.6 Å². The van der Waals surface area contributed by atoms with E-state index in [0.717, 1.165) is 4.88 Å². The minimum absolute atomic E-state index is 0.187. The second-order valence-electron chi connectivity index (χ2n) is 5.48. The summed E-state index contributed by atoms with van der Waals surface area (Å²) in [6, 6.07) is 11.8. The lowest BCUT2D eigenvalue weighted by molar-refractivity contribution is -0.136. The van der Waals surface area contributed by atoms with Gasteiger partial charge in [-0.3, -0.25) is 14.3 Å². The third-order valence-corrected chi connectivity index (χ3v) is 4.94. The van der Waals surface area contributed by atoms with Crippen LogP contribution < -0.4 is 10.6 Å². The lowest BCUT2D eigenvalue weighted by Gasteiger charge is -2.17. The first-order chi connectivity index (χ1) is 13.1. The van der Waals surface area contributed by atoms with Crippen molar-refractivity contribution in [2.75, 3.05) is 11.9 Å². The minimum Gasteiger partial charge on any atom is -0.345 e. The number of aromatic nitrogens is 2. The van der Waals surface area contributed by atoms with Crippen LogP contribution in [0.2, 0.25) is 5.02 Å². The highest BCUT2D eigenvalue weighted by molar-refractivity contribution is 7.10. The Morgan fingerprint density at radius 2 is 2.15 bits per heavy atom. The Morgan fingerprint density at radius 1 is 1.30 bits per heavy atom. The lowest BCUT2D eigenvalue weighted by Crippen LogP contribution is -2.39. The van der Waals surface area contributed by atoms with Gasteiger partial charge in [0.2, 0.25) is 0 Å². The first kappa shape index (κ1) is 18.6. The van der Waals surface area contributed by atoms with E-state index in [2.05, 4.69) is 15.7 Å². The van der Waals surface area contributed by atoms with E-state index >= 15 is 0 Å². The number of hydrogen-bond donors (Lipinski definition) is 2. The topological polar surface area (TPSA) is 99.8 Å². The largest absolute Gasteiger partial charge is 0.345 e. The highest BCUT2D eigenvalue weighted by Crippen LogP contribution is 2.22. The summed E-state index contributed by atoms with van der Waals surface area (Å²) < 4.78 is 1.72. The van der Waals surface area contributed by atoms with Gasteiger partial charge >= 0.3 is 11.8 Å². The van der Waals surface area contributed by atoms with Crippen molar-refractivity contribution in [3.63, 3.8) is 0 Å². The monoisotopic (exact) mass is 399 g/mol. The van der Waals surface area contributed by atoms with Crippen molar-refractivity contribution in [3.05, 3.63) is 69.6 Å². The highest BCUT2D eigenvalue weighted by atomic mass is 35.5. The van der Waals surface area contributed by atoms with E-state index in [1.807, 2.05) is 23.6 Å². The summed E-state index contributed by atoms with van der Waals surface area (Å²) in [7, 11) is 0. The number of nitriles is 1. The Hall–Kier alpha value is -3.15. The van der Waals surface area contributed by atoms with Gasteiger partial charge in [0.05, 0.1) is 11.3 Å². The van der Waals surface area contributed by atoms with Crippen LogP contribution in [-0.2, 0) is 9.59 Å². The molecule has 2 aromatic heterocycles. The summed E-state index contributed by atoms with van der Waals surface area (Å²) in [5.41, 5.74) is 0.403. The third kappa shape index (κ3) is 4.53. The number of anilines is 1. The molecule has 1 atom stereocenters. The van der Waals surface area contributed by atoms with Gasteiger partial charge in [-0.15, -0.1) is 11.3 Å². The van der Waals surface area contributed by atoms with Gasteiger partial charge in [-0.25, -0.2) is 0 Å². The Kier molecular flexibility index (Phi) is 5.86. The summed E-state index contributed by atoms with van der Waals surface area (Å²) in [4.78, 5) is 25.4. The molecule has 1 unspecified atom stereocenters. The highest BCUT2D eigenvalue weighted by Gasteiger charge is 2.20. The van der Waals surface area contributed by atoms with Crippen molar-refractivity contribution in [2.45, 2.75) is 6.04 Å². The Labute approximate surface area is 164 Å². The van der Waals surface area contributed by atoms with E-state index in [4.69, 9.17) is 16.9 Å². The normalized spacial score (nSPS) is 11.4. The van der Waals surface area contributed by atoms with Crippen molar-refractivity contribution in [1.82, 2.24) is 15.1 Å². The number of carbonyl (C=O) groups is 2. The van der Waals surface area contributed by atoms with E-state index < -0.39 is 11.8 Å². The predicted molar refractivity (Wildman–Crippen MR) is 102 cm³/mol. The van der Waals surface area contributed by atoms with Crippen LogP contribution >= 0.6 is 22.9 Å². The number of carbonyl (C=O) groups excluding carboxylic acids is 2. The number of halogens is 1. The van der Waals surface area contributed by atoms with Crippen LogP contribution in [0.1, 0.15) is 16.5 Å². The molecule has 0 radical (unpaired) electrons. The van der Waals surface area contributed by atoms with Gasteiger partial charge in [0.25, 0.3) is 0 Å². The van der Waals surface area contributed by atoms with Crippen LogP contribution in [0.3, 0.4) is 0 Å². The second-order valence-corrected chi connectivity index (χ2v) is 6.90. The van der Waals surface area contributed by atoms with Gasteiger partial charge in [0, 0.05) is 28.8 Å². The third-order valence-electron chi connectivity index (χ3n) is 3.73. The van der Waals surface area contributed by atoms with Crippen molar-refractivity contribution >= 4 is 40.4 Å². The maximum Gasteiger partial charge on any atom is 0.313 e. The van der Waals surface area contributed by atoms with Crippen LogP contribution in [-0.4, -0.2) is 28.1 Å². The molecule has 3 aromatic rings. The number of thiophene rings is 1. The van der Waals surface area contributed by atoms with E-state index in [1.165, 1.54) is 29.5 Å². The molecular weight excluding hydrogens is 386 g/mol. The molecule has 7 nitrogen and oxygen atoms in total.